The van der Waals surface area contributed by atoms with E-state index in [1.54, 1.807) is 6.08 Å². The van der Waals surface area contributed by atoms with Crippen molar-refractivity contribution in [2.75, 3.05) is 39.8 Å². The van der Waals surface area contributed by atoms with Gasteiger partial charge in [-0.2, -0.15) is 13.2 Å². The van der Waals surface area contributed by atoms with Gasteiger partial charge in [0.05, 0.1) is 13.1 Å². The van der Waals surface area contributed by atoms with Crippen LogP contribution < -0.4 is 10.6 Å². The number of halogens is 3. The molecule has 0 spiro atoms. The van der Waals surface area contributed by atoms with Crippen molar-refractivity contribution in [3.63, 3.8) is 0 Å². The summed E-state index contributed by atoms with van der Waals surface area (Å²) in [6.07, 6.45) is -2.48. The zero-order valence-corrected chi connectivity index (χ0v) is 10.8. The summed E-state index contributed by atoms with van der Waals surface area (Å²) in [5.41, 5.74) is 0. The summed E-state index contributed by atoms with van der Waals surface area (Å²) in [7, 11) is 1.42. The van der Waals surface area contributed by atoms with Crippen LogP contribution in [0.5, 0.6) is 0 Å². The van der Waals surface area contributed by atoms with Gasteiger partial charge in [0, 0.05) is 19.6 Å². The molecule has 0 saturated heterocycles. The molecule has 2 N–H and O–H groups in total. The van der Waals surface area contributed by atoms with Crippen LogP contribution in [0, 0.1) is 0 Å². The number of rotatable bonds is 7. The van der Waals surface area contributed by atoms with Gasteiger partial charge in [0.2, 0.25) is 0 Å². The maximum absolute atomic E-state index is 12.1. The highest BCUT2D eigenvalue weighted by Crippen LogP contribution is 2.15. The smallest absolute Gasteiger partial charge is 0.357 e. The van der Waals surface area contributed by atoms with Crippen molar-refractivity contribution in [2.24, 2.45) is 4.99 Å². The van der Waals surface area contributed by atoms with E-state index >= 15 is 0 Å². The van der Waals surface area contributed by atoms with E-state index in [-0.39, 0.29) is 6.54 Å². The maximum Gasteiger partial charge on any atom is 0.401 e. The van der Waals surface area contributed by atoms with E-state index in [0.717, 1.165) is 0 Å². The number of aliphatic imine (C=N–C) groups is 1. The Bertz CT molecular complexity index is 264. The molecule has 0 aromatic carbocycles. The van der Waals surface area contributed by atoms with Crippen LogP contribution >= 0.6 is 0 Å². The van der Waals surface area contributed by atoms with Gasteiger partial charge in [-0.25, -0.2) is 0 Å². The predicted octanol–water partition coefficient (Wildman–Crippen LogP) is 1.22. The van der Waals surface area contributed by atoms with Gasteiger partial charge in [0.1, 0.15) is 0 Å². The molecule has 0 amide bonds. The van der Waals surface area contributed by atoms with Crippen LogP contribution in [0.4, 0.5) is 13.2 Å². The Balaban J connectivity index is 4.03. The van der Waals surface area contributed by atoms with Crippen molar-refractivity contribution >= 4 is 5.96 Å². The molecule has 0 unspecified atom stereocenters. The van der Waals surface area contributed by atoms with Gasteiger partial charge in [0.25, 0.3) is 0 Å². The minimum Gasteiger partial charge on any atom is -0.357 e. The average Bonchev–Trinajstić information content (AvgIpc) is 2.23. The Morgan fingerprint density at radius 2 is 2.06 bits per heavy atom. The molecule has 7 heteroatoms. The second-order valence-corrected chi connectivity index (χ2v) is 3.78. The molecule has 0 aliphatic heterocycles. The summed E-state index contributed by atoms with van der Waals surface area (Å²) in [6.45, 7) is 6.38. The van der Waals surface area contributed by atoms with Crippen LogP contribution in [0.1, 0.15) is 6.92 Å². The SMILES string of the molecule is C=CCNC(=NCCN(C)CC(F)(F)F)NCC. The number of hydrogen-bond acceptors (Lipinski definition) is 2. The third-order valence-electron chi connectivity index (χ3n) is 1.96. The van der Waals surface area contributed by atoms with Crippen LogP contribution in [0.15, 0.2) is 17.6 Å². The zero-order chi connectivity index (χ0) is 14.0. The Hall–Kier alpha value is -1.24. The highest BCUT2D eigenvalue weighted by Gasteiger charge is 2.28. The van der Waals surface area contributed by atoms with Gasteiger partial charge in [-0.05, 0) is 14.0 Å². The lowest BCUT2D eigenvalue weighted by Gasteiger charge is -2.17. The summed E-state index contributed by atoms with van der Waals surface area (Å²) in [4.78, 5) is 5.35. The fraction of sp³-hybridized carbons (Fsp3) is 0.727. The first-order valence-electron chi connectivity index (χ1n) is 5.77. The molecule has 0 bridgehead atoms. The number of nitrogens with one attached hydrogen (secondary N) is 2. The minimum absolute atomic E-state index is 0.254. The average molecular weight is 266 g/mol. The summed E-state index contributed by atoms with van der Waals surface area (Å²) in [6, 6.07) is 0. The number of hydrogen-bond donors (Lipinski definition) is 2. The van der Waals surface area contributed by atoms with Crippen molar-refractivity contribution in [2.45, 2.75) is 13.1 Å². The molecule has 106 valence electrons. The molecule has 0 aromatic rings. The molecule has 0 radical (unpaired) electrons. The predicted molar refractivity (Wildman–Crippen MR) is 67.7 cm³/mol. The van der Waals surface area contributed by atoms with Gasteiger partial charge in [-0.1, -0.05) is 6.08 Å². The van der Waals surface area contributed by atoms with Gasteiger partial charge in [-0.15, -0.1) is 6.58 Å². The van der Waals surface area contributed by atoms with Crippen molar-refractivity contribution in [1.29, 1.82) is 0 Å². The van der Waals surface area contributed by atoms with E-state index in [4.69, 9.17) is 0 Å². The van der Waals surface area contributed by atoms with Crippen molar-refractivity contribution in [1.82, 2.24) is 15.5 Å². The maximum atomic E-state index is 12.1. The summed E-state index contributed by atoms with van der Waals surface area (Å²) < 4.78 is 36.2. The normalized spacial score (nSPS) is 12.7. The molecule has 0 aliphatic rings. The highest BCUT2D eigenvalue weighted by molar-refractivity contribution is 5.79. The first-order valence-corrected chi connectivity index (χ1v) is 5.77. The van der Waals surface area contributed by atoms with Crippen LogP contribution in [0.2, 0.25) is 0 Å². The first kappa shape index (κ1) is 16.8. The van der Waals surface area contributed by atoms with Crippen LogP contribution in [-0.4, -0.2) is 56.8 Å². The lowest BCUT2D eigenvalue weighted by molar-refractivity contribution is -0.142. The summed E-state index contributed by atoms with van der Waals surface area (Å²) in [5, 5.41) is 5.96. The first-order chi connectivity index (χ1) is 8.39. The Labute approximate surface area is 106 Å². The van der Waals surface area contributed by atoms with Crippen molar-refractivity contribution < 1.29 is 13.2 Å². The highest BCUT2D eigenvalue weighted by atomic mass is 19.4. The lowest BCUT2D eigenvalue weighted by Crippen LogP contribution is -2.38. The molecule has 0 saturated carbocycles. The molecule has 0 rings (SSSR count). The number of guanidine groups is 1. The minimum atomic E-state index is -4.16. The third kappa shape index (κ3) is 9.95. The van der Waals surface area contributed by atoms with Gasteiger partial charge in [0.15, 0.2) is 5.96 Å². The molecule has 0 atom stereocenters. The molecule has 0 aliphatic carbocycles. The lowest BCUT2D eigenvalue weighted by atomic mass is 10.5. The fourth-order valence-electron chi connectivity index (χ4n) is 1.23. The number of alkyl halides is 3. The third-order valence-corrected chi connectivity index (χ3v) is 1.96. The Morgan fingerprint density at radius 3 is 2.56 bits per heavy atom. The monoisotopic (exact) mass is 266 g/mol. The zero-order valence-electron chi connectivity index (χ0n) is 10.8. The number of likely N-dealkylation sites (N-methyl/N-ethyl adjacent to an activating group) is 1. The van der Waals surface area contributed by atoms with E-state index in [2.05, 4.69) is 22.2 Å². The molecule has 0 heterocycles. The van der Waals surface area contributed by atoms with Crippen LogP contribution in [0.25, 0.3) is 0 Å². The van der Waals surface area contributed by atoms with E-state index in [1.807, 2.05) is 6.92 Å². The molecule has 0 aromatic heterocycles. The van der Waals surface area contributed by atoms with E-state index in [1.165, 1.54) is 11.9 Å². The number of nitrogens with zero attached hydrogens (tertiary/aromatic N) is 2. The quantitative estimate of drug-likeness (QED) is 0.413. The molecule has 0 fully saturated rings. The molecular formula is C11H21F3N4. The van der Waals surface area contributed by atoms with Crippen LogP contribution in [0.3, 0.4) is 0 Å². The Kier molecular flexibility index (Phi) is 8.19. The van der Waals surface area contributed by atoms with Gasteiger partial charge in [-0.3, -0.25) is 9.89 Å². The standard InChI is InChI=1S/C11H21F3N4/c1-4-6-16-10(15-5-2)17-7-8-18(3)9-11(12,13)14/h4H,1,5-9H2,2-3H3,(H2,15,16,17). The van der Waals surface area contributed by atoms with Crippen molar-refractivity contribution in [3.05, 3.63) is 12.7 Å². The van der Waals surface area contributed by atoms with Crippen molar-refractivity contribution in [3.8, 4) is 0 Å². The van der Waals surface area contributed by atoms with E-state index in [0.29, 0.717) is 25.6 Å². The Morgan fingerprint density at radius 1 is 1.39 bits per heavy atom. The molecule has 4 nitrogen and oxygen atoms in total. The topological polar surface area (TPSA) is 39.7 Å². The van der Waals surface area contributed by atoms with E-state index in [9.17, 15) is 13.2 Å². The molecule has 18 heavy (non-hydrogen) atoms. The van der Waals surface area contributed by atoms with Crippen LogP contribution in [-0.2, 0) is 0 Å². The largest absolute Gasteiger partial charge is 0.401 e. The second-order valence-electron chi connectivity index (χ2n) is 3.78. The summed E-state index contributed by atoms with van der Waals surface area (Å²) in [5.74, 6) is 0.581. The second kappa shape index (κ2) is 8.79. The van der Waals surface area contributed by atoms with Gasteiger partial charge >= 0.3 is 6.18 Å². The fourth-order valence-corrected chi connectivity index (χ4v) is 1.23. The van der Waals surface area contributed by atoms with E-state index < -0.39 is 12.7 Å². The van der Waals surface area contributed by atoms with Gasteiger partial charge < -0.3 is 10.6 Å². The molecular weight excluding hydrogens is 245 g/mol. The summed E-state index contributed by atoms with van der Waals surface area (Å²) >= 11 is 0.